The summed E-state index contributed by atoms with van der Waals surface area (Å²) in [6.07, 6.45) is 0. The van der Waals surface area contributed by atoms with Gasteiger partial charge in [-0.25, -0.2) is 4.79 Å². The number of hydrogen-bond donors (Lipinski definition) is 1. The van der Waals surface area contributed by atoms with Crippen molar-refractivity contribution in [1.29, 1.82) is 0 Å². The Hall–Kier alpha value is -2.37. The van der Waals surface area contributed by atoms with Crippen LogP contribution in [0.5, 0.6) is 5.75 Å². The number of anilines is 1. The zero-order valence-electron chi connectivity index (χ0n) is 11.0. The van der Waals surface area contributed by atoms with Gasteiger partial charge in [0.1, 0.15) is 5.75 Å². The highest BCUT2D eigenvalue weighted by Crippen LogP contribution is 2.23. The summed E-state index contributed by atoms with van der Waals surface area (Å²) < 4.78 is 9.66. The molecule has 0 aliphatic heterocycles. The van der Waals surface area contributed by atoms with Crippen molar-refractivity contribution in [2.24, 2.45) is 0 Å². The fourth-order valence-corrected chi connectivity index (χ4v) is 1.47. The maximum Gasteiger partial charge on any atom is 0.379 e. The van der Waals surface area contributed by atoms with Gasteiger partial charge in [-0.05, 0) is 25.1 Å². The van der Waals surface area contributed by atoms with Gasteiger partial charge in [-0.1, -0.05) is 0 Å². The molecule has 1 amide bonds. The Labute approximate surface area is 110 Å². The monoisotopic (exact) mass is 265 g/mol. The zero-order chi connectivity index (χ0) is 14.4. The van der Waals surface area contributed by atoms with E-state index in [-0.39, 0.29) is 23.8 Å². The van der Waals surface area contributed by atoms with E-state index in [1.165, 1.54) is 26.2 Å². The third kappa shape index (κ3) is 3.80. The van der Waals surface area contributed by atoms with Crippen LogP contribution in [0.15, 0.2) is 18.2 Å². The Kier molecular flexibility index (Phi) is 5.05. The molecule has 102 valence electrons. The van der Waals surface area contributed by atoms with E-state index < -0.39 is 11.8 Å². The Morgan fingerprint density at radius 1 is 1.26 bits per heavy atom. The lowest BCUT2D eigenvalue weighted by atomic mass is 10.1. The predicted molar refractivity (Wildman–Crippen MR) is 68.3 cm³/mol. The molecule has 0 aliphatic carbocycles. The predicted octanol–water partition coefficient (Wildman–Crippen LogP) is 1.40. The van der Waals surface area contributed by atoms with Gasteiger partial charge in [0.2, 0.25) is 5.91 Å². The average molecular weight is 265 g/mol. The van der Waals surface area contributed by atoms with Gasteiger partial charge in [0.15, 0.2) is 0 Å². The number of Topliss-reactive ketones (excluding diaryl/α,β-unsaturated/α-hetero) is 1. The molecule has 0 saturated heterocycles. The number of hydrogen-bond acceptors (Lipinski definition) is 5. The zero-order valence-corrected chi connectivity index (χ0v) is 11.0. The van der Waals surface area contributed by atoms with Crippen LogP contribution >= 0.6 is 0 Å². The molecule has 0 aliphatic rings. The number of carbonyl (C=O) groups is 3. The molecular weight excluding hydrogens is 250 g/mol. The van der Waals surface area contributed by atoms with E-state index in [1.54, 1.807) is 13.0 Å². The van der Waals surface area contributed by atoms with Crippen molar-refractivity contribution < 1.29 is 23.9 Å². The number of rotatable bonds is 5. The second-order valence-electron chi connectivity index (χ2n) is 3.65. The third-order valence-corrected chi connectivity index (χ3v) is 2.23. The Morgan fingerprint density at radius 2 is 1.95 bits per heavy atom. The fourth-order valence-electron chi connectivity index (χ4n) is 1.47. The lowest BCUT2D eigenvalue weighted by Crippen LogP contribution is -2.18. The van der Waals surface area contributed by atoms with Crippen LogP contribution in [0.1, 0.15) is 24.2 Å². The van der Waals surface area contributed by atoms with Crippen molar-refractivity contribution in [2.45, 2.75) is 13.8 Å². The molecule has 0 bridgehead atoms. The van der Waals surface area contributed by atoms with Gasteiger partial charge in [-0.2, -0.15) is 0 Å². The molecule has 19 heavy (non-hydrogen) atoms. The summed E-state index contributed by atoms with van der Waals surface area (Å²) in [6.45, 7) is 3.06. The van der Waals surface area contributed by atoms with Gasteiger partial charge in [0.25, 0.3) is 5.78 Å². The van der Waals surface area contributed by atoms with E-state index in [1.807, 2.05) is 0 Å². The largest absolute Gasteiger partial charge is 0.496 e. The fraction of sp³-hybridized carbons (Fsp3) is 0.308. The van der Waals surface area contributed by atoms with E-state index in [0.29, 0.717) is 5.69 Å². The summed E-state index contributed by atoms with van der Waals surface area (Å²) >= 11 is 0. The molecule has 6 nitrogen and oxygen atoms in total. The van der Waals surface area contributed by atoms with Crippen molar-refractivity contribution >= 4 is 23.3 Å². The van der Waals surface area contributed by atoms with Crippen molar-refractivity contribution in [3.63, 3.8) is 0 Å². The van der Waals surface area contributed by atoms with Crippen molar-refractivity contribution in [3.8, 4) is 5.75 Å². The number of methoxy groups -OCH3 is 1. The van der Waals surface area contributed by atoms with Crippen molar-refractivity contribution in [2.75, 3.05) is 19.0 Å². The van der Waals surface area contributed by atoms with Crippen LogP contribution in [-0.4, -0.2) is 31.4 Å². The molecule has 0 heterocycles. The average Bonchev–Trinajstić information content (AvgIpc) is 2.37. The first-order chi connectivity index (χ1) is 8.99. The highest BCUT2D eigenvalue weighted by atomic mass is 16.5. The minimum Gasteiger partial charge on any atom is -0.496 e. The van der Waals surface area contributed by atoms with Crippen LogP contribution in [-0.2, 0) is 14.3 Å². The molecule has 0 spiro atoms. The summed E-state index contributed by atoms with van der Waals surface area (Å²) in [5.74, 6) is -1.81. The van der Waals surface area contributed by atoms with E-state index >= 15 is 0 Å². The molecular formula is C13H15NO5. The lowest BCUT2D eigenvalue weighted by Gasteiger charge is -2.09. The Balaban J connectivity index is 3.11. The van der Waals surface area contributed by atoms with Crippen LogP contribution < -0.4 is 10.1 Å². The number of benzene rings is 1. The molecule has 1 N–H and O–H groups in total. The molecule has 0 fully saturated rings. The third-order valence-electron chi connectivity index (χ3n) is 2.23. The maximum atomic E-state index is 11.9. The SMILES string of the molecule is CCOC(=O)C(=O)c1cc(NC(C)=O)ccc1OC. The molecule has 1 aromatic carbocycles. The van der Waals surface area contributed by atoms with Gasteiger partial charge in [-0.15, -0.1) is 0 Å². The summed E-state index contributed by atoms with van der Waals surface area (Å²) in [7, 11) is 1.38. The van der Waals surface area contributed by atoms with Crippen LogP contribution in [0.4, 0.5) is 5.69 Å². The number of carbonyl (C=O) groups excluding carboxylic acids is 3. The highest BCUT2D eigenvalue weighted by molar-refractivity contribution is 6.41. The lowest BCUT2D eigenvalue weighted by molar-refractivity contribution is -0.137. The Bertz CT molecular complexity index is 510. The van der Waals surface area contributed by atoms with Gasteiger partial charge in [-0.3, -0.25) is 9.59 Å². The van der Waals surface area contributed by atoms with E-state index in [9.17, 15) is 14.4 Å². The molecule has 0 unspecified atom stereocenters. The number of ether oxygens (including phenoxy) is 2. The number of nitrogens with one attached hydrogen (secondary N) is 1. The normalized spacial score (nSPS) is 9.63. The van der Waals surface area contributed by atoms with Crippen LogP contribution in [0, 0.1) is 0 Å². The summed E-state index contributed by atoms with van der Waals surface area (Å²) in [4.78, 5) is 34.3. The van der Waals surface area contributed by atoms with Gasteiger partial charge in [0.05, 0.1) is 19.3 Å². The summed E-state index contributed by atoms with van der Waals surface area (Å²) in [6, 6.07) is 4.44. The van der Waals surface area contributed by atoms with Gasteiger partial charge >= 0.3 is 5.97 Å². The van der Waals surface area contributed by atoms with Gasteiger partial charge in [0, 0.05) is 12.6 Å². The standard InChI is InChI=1S/C13H15NO5/c1-4-19-13(17)12(16)10-7-9(14-8(2)15)5-6-11(10)18-3/h5-7H,4H2,1-3H3,(H,14,15). The van der Waals surface area contributed by atoms with Crippen LogP contribution in [0.25, 0.3) is 0 Å². The van der Waals surface area contributed by atoms with E-state index in [4.69, 9.17) is 4.74 Å². The molecule has 0 radical (unpaired) electrons. The second-order valence-corrected chi connectivity index (χ2v) is 3.65. The minimum atomic E-state index is -0.958. The molecule has 1 aromatic rings. The first-order valence-corrected chi connectivity index (χ1v) is 5.66. The number of amides is 1. The van der Waals surface area contributed by atoms with E-state index in [0.717, 1.165) is 0 Å². The maximum absolute atomic E-state index is 11.9. The molecule has 1 rings (SSSR count). The smallest absolute Gasteiger partial charge is 0.379 e. The molecule has 0 atom stereocenters. The topological polar surface area (TPSA) is 81.7 Å². The number of esters is 1. The first-order valence-electron chi connectivity index (χ1n) is 5.66. The van der Waals surface area contributed by atoms with E-state index in [2.05, 4.69) is 10.1 Å². The molecule has 0 saturated carbocycles. The quantitative estimate of drug-likeness (QED) is 0.494. The second kappa shape index (κ2) is 6.53. The summed E-state index contributed by atoms with van der Waals surface area (Å²) in [5.41, 5.74) is 0.452. The summed E-state index contributed by atoms with van der Waals surface area (Å²) in [5, 5.41) is 2.52. The number of ketones is 1. The Morgan fingerprint density at radius 3 is 2.47 bits per heavy atom. The highest BCUT2D eigenvalue weighted by Gasteiger charge is 2.22. The minimum absolute atomic E-state index is 0.0483. The van der Waals surface area contributed by atoms with Crippen LogP contribution in [0.3, 0.4) is 0 Å². The molecule has 0 aromatic heterocycles. The first kappa shape index (κ1) is 14.7. The van der Waals surface area contributed by atoms with Crippen molar-refractivity contribution in [3.05, 3.63) is 23.8 Å². The van der Waals surface area contributed by atoms with Crippen molar-refractivity contribution in [1.82, 2.24) is 0 Å². The van der Waals surface area contributed by atoms with Gasteiger partial charge < -0.3 is 14.8 Å². The molecule has 6 heteroatoms. The van der Waals surface area contributed by atoms with Crippen LogP contribution in [0.2, 0.25) is 0 Å².